The Hall–Kier alpha value is -0.870. The van der Waals surface area contributed by atoms with Crippen LogP contribution in [0.5, 0.6) is 0 Å². The predicted molar refractivity (Wildman–Crippen MR) is 58.0 cm³/mol. The maximum Gasteiger partial charge on any atom is 0.308 e. The van der Waals surface area contributed by atoms with Crippen molar-refractivity contribution in [3.63, 3.8) is 0 Å². The molecule has 0 saturated heterocycles. The van der Waals surface area contributed by atoms with E-state index in [-0.39, 0.29) is 12.1 Å². The number of carbonyl (C=O) groups excluding carboxylic acids is 1. The average molecular weight is 226 g/mol. The lowest BCUT2D eigenvalue weighted by Crippen LogP contribution is -2.18. The Morgan fingerprint density at radius 1 is 1.73 bits per heavy atom. The van der Waals surface area contributed by atoms with E-state index >= 15 is 0 Å². The van der Waals surface area contributed by atoms with Crippen molar-refractivity contribution in [3.8, 4) is 0 Å². The fraction of sp³-hybridized carbons (Fsp3) is 0.545. The number of fused-ring (bicyclic) bond motifs is 1. The number of hydrogen-bond donors (Lipinski definition) is 0. The van der Waals surface area contributed by atoms with E-state index in [1.807, 2.05) is 6.92 Å². The van der Waals surface area contributed by atoms with Crippen molar-refractivity contribution < 1.29 is 14.3 Å². The molecule has 4 heteroatoms. The first-order valence-electron chi connectivity index (χ1n) is 5.14. The standard InChI is InChI=1S/C11H14O3S/c1-2-13-10(12)7-9-11-8(3-5-14-9)4-6-15-11/h4,6,9H,2-3,5,7H2,1H3. The lowest BCUT2D eigenvalue weighted by atomic mass is 10.1. The van der Waals surface area contributed by atoms with E-state index in [1.165, 1.54) is 10.4 Å². The van der Waals surface area contributed by atoms with Gasteiger partial charge in [0.2, 0.25) is 0 Å². The van der Waals surface area contributed by atoms with Gasteiger partial charge < -0.3 is 9.47 Å². The Balaban J connectivity index is 2.03. The highest BCUT2D eigenvalue weighted by Gasteiger charge is 2.24. The summed E-state index contributed by atoms with van der Waals surface area (Å²) in [5, 5.41) is 2.05. The van der Waals surface area contributed by atoms with Crippen LogP contribution in [0.1, 0.15) is 29.9 Å². The summed E-state index contributed by atoms with van der Waals surface area (Å²) in [5.41, 5.74) is 1.32. The zero-order valence-electron chi connectivity index (χ0n) is 8.69. The van der Waals surface area contributed by atoms with Crippen LogP contribution in [0.15, 0.2) is 11.4 Å². The summed E-state index contributed by atoms with van der Waals surface area (Å²) in [6, 6.07) is 2.11. The van der Waals surface area contributed by atoms with Gasteiger partial charge in [0, 0.05) is 4.88 Å². The first-order chi connectivity index (χ1) is 7.31. The molecule has 0 N–H and O–H groups in total. The van der Waals surface area contributed by atoms with Crippen molar-refractivity contribution in [3.05, 3.63) is 21.9 Å². The van der Waals surface area contributed by atoms with Crippen LogP contribution in [-0.2, 0) is 20.7 Å². The van der Waals surface area contributed by atoms with E-state index in [2.05, 4.69) is 11.4 Å². The molecule has 0 amide bonds. The summed E-state index contributed by atoms with van der Waals surface area (Å²) in [6.07, 6.45) is 1.20. The molecule has 1 unspecified atom stereocenters. The molecule has 0 aliphatic carbocycles. The Morgan fingerprint density at radius 3 is 3.40 bits per heavy atom. The normalized spacial score (nSPS) is 19.7. The van der Waals surface area contributed by atoms with Gasteiger partial charge in [-0.2, -0.15) is 0 Å². The summed E-state index contributed by atoms with van der Waals surface area (Å²) in [7, 11) is 0. The zero-order valence-corrected chi connectivity index (χ0v) is 9.51. The second-order valence-electron chi connectivity index (χ2n) is 3.43. The Labute approximate surface area is 93.0 Å². The highest BCUT2D eigenvalue weighted by atomic mass is 32.1. The van der Waals surface area contributed by atoms with Crippen LogP contribution in [-0.4, -0.2) is 19.2 Å². The van der Waals surface area contributed by atoms with E-state index in [1.54, 1.807) is 11.3 Å². The highest BCUT2D eigenvalue weighted by molar-refractivity contribution is 7.10. The van der Waals surface area contributed by atoms with Crippen molar-refractivity contribution >= 4 is 17.3 Å². The molecular formula is C11H14O3S. The van der Waals surface area contributed by atoms with Crippen LogP contribution in [0.4, 0.5) is 0 Å². The molecule has 3 nitrogen and oxygen atoms in total. The second kappa shape index (κ2) is 4.77. The maximum absolute atomic E-state index is 11.3. The van der Waals surface area contributed by atoms with E-state index in [4.69, 9.17) is 9.47 Å². The molecule has 0 spiro atoms. The molecule has 1 aromatic rings. The van der Waals surface area contributed by atoms with Crippen LogP contribution in [0.2, 0.25) is 0 Å². The molecule has 1 aromatic heterocycles. The van der Waals surface area contributed by atoms with Gasteiger partial charge in [-0.25, -0.2) is 0 Å². The van der Waals surface area contributed by atoms with Crippen LogP contribution < -0.4 is 0 Å². The Kier molecular flexibility index (Phi) is 3.38. The number of carbonyl (C=O) groups is 1. The third-order valence-electron chi connectivity index (χ3n) is 2.42. The molecule has 0 saturated carbocycles. The van der Waals surface area contributed by atoms with Gasteiger partial charge in [0.25, 0.3) is 0 Å². The largest absolute Gasteiger partial charge is 0.466 e. The van der Waals surface area contributed by atoms with Crippen molar-refractivity contribution in [2.45, 2.75) is 25.9 Å². The summed E-state index contributed by atoms with van der Waals surface area (Å²) < 4.78 is 10.5. The highest BCUT2D eigenvalue weighted by Crippen LogP contribution is 2.33. The quantitative estimate of drug-likeness (QED) is 0.742. The van der Waals surface area contributed by atoms with Crippen molar-refractivity contribution in [1.82, 2.24) is 0 Å². The molecule has 1 aliphatic rings. The van der Waals surface area contributed by atoms with Gasteiger partial charge in [-0.05, 0) is 30.4 Å². The van der Waals surface area contributed by atoms with E-state index < -0.39 is 0 Å². The Morgan fingerprint density at radius 2 is 2.60 bits per heavy atom. The van der Waals surface area contributed by atoms with Gasteiger partial charge in [-0.3, -0.25) is 4.79 Å². The summed E-state index contributed by atoms with van der Waals surface area (Å²) >= 11 is 1.66. The zero-order chi connectivity index (χ0) is 10.7. The topological polar surface area (TPSA) is 35.5 Å². The predicted octanol–water partition coefficient (Wildman–Crippen LogP) is 2.32. The minimum Gasteiger partial charge on any atom is -0.466 e. The molecule has 0 radical (unpaired) electrons. The van der Waals surface area contributed by atoms with Crippen LogP contribution in [0, 0.1) is 0 Å². The van der Waals surface area contributed by atoms with Gasteiger partial charge in [0.05, 0.1) is 19.6 Å². The Bertz CT molecular complexity index is 345. The minimum absolute atomic E-state index is 0.0900. The van der Waals surface area contributed by atoms with Gasteiger partial charge in [-0.1, -0.05) is 0 Å². The molecule has 82 valence electrons. The lowest BCUT2D eigenvalue weighted by Gasteiger charge is -2.22. The third-order valence-corrected chi connectivity index (χ3v) is 3.47. The molecule has 0 bridgehead atoms. The molecule has 1 aliphatic heterocycles. The summed E-state index contributed by atoms with van der Waals surface area (Å²) in [4.78, 5) is 12.5. The van der Waals surface area contributed by atoms with Crippen LogP contribution in [0.25, 0.3) is 0 Å². The smallest absolute Gasteiger partial charge is 0.308 e. The van der Waals surface area contributed by atoms with Crippen LogP contribution in [0.3, 0.4) is 0 Å². The minimum atomic E-state index is -0.177. The number of rotatable bonds is 3. The van der Waals surface area contributed by atoms with Crippen molar-refractivity contribution in [2.75, 3.05) is 13.2 Å². The SMILES string of the molecule is CCOC(=O)CC1OCCc2ccsc21. The molecule has 15 heavy (non-hydrogen) atoms. The fourth-order valence-electron chi connectivity index (χ4n) is 1.75. The van der Waals surface area contributed by atoms with E-state index in [9.17, 15) is 4.79 Å². The number of ether oxygens (including phenoxy) is 2. The van der Waals surface area contributed by atoms with Gasteiger partial charge in [-0.15, -0.1) is 11.3 Å². The fourth-order valence-corrected chi connectivity index (χ4v) is 2.75. The second-order valence-corrected chi connectivity index (χ2v) is 4.38. The van der Waals surface area contributed by atoms with Crippen molar-refractivity contribution in [2.24, 2.45) is 0 Å². The van der Waals surface area contributed by atoms with Gasteiger partial charge in [0.1, 0.15) is 6.10 Å². The molecule has 1 atom stereocenters. The maximum atomic E-state index is 11.3. The number of thiophene rings is 1. The molecular weight excluding hydrogens is 212 g/mol. The summed E-state index contributed by atoms with van der Waals surface area (Å²) in [6.45, 7) is 2.95. The number of hydrogen-bond acceptors (Lipinski definition) is 4. The number of esters is 1. The third kappa shape index (κ3) is 2.38. The van der Waals surface area contributed by atoms with E-state index in [0.717, 1.165) is 6.42 Å². The molecule has 0 aromatic carbocycles. The molecule has 2 heterocycles. The summed E-state index contributed by atoms with van der Waals surface area (Å²) in [5.74, 6) is -0.177. The lowest BCUT2D eigenvalue weighted by molar-refractivity contribution is -0.146. The van der Waals surface area contributed by atoms with Crippen LogP contribution >= 0.6 is 11.3 Å². The van der Waals surface area contributed by atoms with E-state index in [0.29, 0.717) is 19.6 Å². The average Bonchev–Trinajstić information content (AvgIpc) is 2.67. The molecule has 0 fully saturated rings. The molecule has 2 rings (SSSR count). The van der Waals surface area contributed by atoms with Crippen molar-refractivity contribution in [1.29, 1.82) is 0 Å². The van der Waals surface area contributed by atoms with Gasteiger partial charge in [0.15, 0.2) is 0 Å². The van der Waals surface area contributed by atoms with Gasteiger partial charge >= 0.3 is 5.97 Å². The first-order valence-corrected chi connectivity index (χ1v) is 6.02. The monoisotopic (exact) mass is 226 g/mol. The first kappa shape index (κ1) is 10.6.